The molecule has 1 heterocycles. The molecule has 6 heteroatoms. The molecule has 0 amide bonds. The number of nitrogens with zero attached hydrogens (tertiary/aromatic N) is 1. The third-order valence-corrected chi connectivity index (χ3v) is 5.33. The summed E-state index contributed by atoms with van der Waals surface area (Å²) in [6.07, 6.45) is 0.312. The van der Waals surface area contributed by atoms with Crippen LogP contribution in [0.1, 0.15) is 31.9 Å². The van der Waals surface area contributed by atoms with E-state index in [-0.39, 0.29) is 13.2 Å². The molecule has 3 rings (SSSR count). The third-order valence-electron chi connectivity index (χ3n) is 5.08. The van der Waals surface area contributed by atoms with Crippen molar-refractivity contribution in [1.29, 1.82) is 0 Å². The minimum absolute atomic E-state index is 0.193. The molecule has 148 valence electrons. The van der Waals surface area contributed by atoms with Crippen LogP contribution < -0.4 is 4.90 Å². The van der Waals surface area contributed by atoms with Gasteiger partial charge in [0.1, 0.15) is 0 Å². The van der Waals surface area contributed by atoms with Crippen LogP contribution in [-0.4, -0.2) is 31.7 Å². The second kappa shape index (κ2) is 8.65. The van der Waals surface area contributed by atoms with Crippen LogP contribution in [0.2, 0.25) is 5.02 Å². The van der Waals surface area contributed by atoms with Crippen molar-refractivity contribution >= 4 is 29.2 Å². The van der Waals surface area contributed by atoms with Gasteiger partial charge in [-0.05, 0) is 50.1 Å². The lowest BCUT2D eigenvalue weighted by molar-refractivity contribution is -0.172. The molecule has 1 unspecified atom stereocenters. The first kappa shape index (κ1) is 20.2. The lowest BCUT2D eigenvalue weighted by Gasteiger charge is -2.35. The van der Waals surface area contributed by atoms with Crippen molar-refractivity contribution < 1.29 is 19.1 Å². The summed E-state index contributed by atoms with van der Waals surface area (Å²) in [6, 6.07) is 16.4. The summed E-state index contributed by atoms with van der Waals surface area (Å²) in [6.45, 7) is 4.38. The van der Waals surface area contributed by atoms with Gasteiger partial charge < -0.3 is 14.4 Å². The molecule has 0 spiro atoms. The van der Waals surface area contributed by atoms with E-state index in [2.05, 4.69) is 4.90 Å². The van der Waals surface area contributed by atoms with E-state index >= 15 is 0 Å². The lowest BCUT2D eigenvalue weighted by atomic mass is 9.76. The number of carbonyl (C=O) groups excluding carboxylic acids is 2. The average Bonchev–Trinajstić information content (AvgIpc) is 3.11. The van der Waals surface area contributed by atoms with Gasteiger partial charge in [-0.25, -0.2) is 0 Å². The molecule has 0 saturated carbocycles. The van der Waals surface area contributed by atoms with E-state index in [9.17, 15) is 9.59 Å². The maximum Gasteiger partial charge on any atom is 0.326 e. The Morgan fingerprint density at radius 3 is 2.11 bits per heavy atom. The van der Waals surface area contributed by atoms with Crippen LogP contribution in [0.3, 0.4) is 0 Å². The van der Waals surface area contributed by atoms with Crippen molar-refractivity contribution in [2.45, 2.75) is 26.3 Å². The van der Waals surface area contributed by atoms with Crippen molar-refractivity contribution in [3.63, 3.8) is 0 Å². The molecule has 1 saturated heterocycles. The number of anilines is 1. The molecule has 1 aliphatic rings. The Hall–Kier alpha value is -2.53. The van der Waals surface area contributed by atoms with Crippen LogP contribution in [-0.2, 0) is 19.1 Å². The van der Waals surface area contributed by atoms with Gasteiger partial charge in [0.2, 0.25) is 0 Å². The van der Waals surface area contributed by atoms with Gasteiger partial charge in [0.15, 0.2) is 5.41 Å². The van der Waals surface area contributed by atoms with Crippen LogP contribution in [0, 0.1) is 5.41 Å². The van der Waals surface area contributed by atoms with Crippen LogP contribution in [0.15, 0.2) is 54.6 Å². The van der Waals surface area contributed by atoms with Crippen molar-refractivity contribution in [1.82, 2.24) is 0 Å². The van der Waals surface area contributed by atoms with Gasteiger partial charge in [-0.2, -0.15) is 0 Å². The summed E-state index contributed by atoms with van der Waals surface area (Å²) in [5, 5.41) is 0.589. The molecule has 0 N–H and O–H groups in total. The quantitative estimate of drug-likeness (QED) is 0.530. The van der Waals surface area contributed by atoms with Gasteiger partial charge in [-0.15, -0.1) is 0 Å². The number of carbonyl (C=O) groups is 2. The van der Waals surface area contributed by atoms with Crippen LogP contribution in [0.4, 0.5) is 5.69 Å². The summed E-state index contributed by atoms with van der Waals surface area (Å²) in [5.74, 6) is -1.10. The predicted molar refractivity (Wildman–Crippen MR) is 108 cm³/mol. The third kappa shape index (κ3) is 3.59. The largest absolute Gasteiger partial charge is 0.465 e. The molecule has 1 aliphatic heterocycles. The monoisotopic (exact) mass is 401 g/mol. The first-order chi connectivity index (χ1) is 13.5. The Morgan fingerprint density at radius 2 is 1.57 bits per heavy atom. The molecule has 1 atom stereocenters. The van der Waals surface area contributed by atoms with Crippen molar-refractivity contribution in [3.05, 3.63) is 65.2 Å². The fraction of sp³-hybridized carbons (Fsp3) is 0.364. The number of halogens is 1. The number of esters is 2. The molecule has 0 aliphatic carbocycles. The standard InChI is InChI=1S/C22H24ClNO4/c1-3-27-20(25)22(21(26)28-4-2)14-15-24(18-8-6-5-7-9-18)19(22)16-10-12-17(23)13-11-16/h5-13,19H,3-4,14-15H2,1-2H3. The Labute approximate surface area is 170 Å². The van der Waals surface area contributed by atoms with Gasteiger partial charge in [-0.3, -0.25) is 9.59 Å². The number of hydrogen-bond donors (Lipinski definition) is 0. The van der Waals surface area contributed by atoms with E-state index < -0.39 is 23.4 Å². The summed E-state index contributed by atoms with van der Waals surface area (Å²) >= 11 is 6.07. The lowest BCUT2D eigenvalue weighted by Crippen LogP contribution is -2.46. The second-order valence-electron chi connectivity index (χ2n) is 6.65. The highest BCUT2D eigenvalue weighted by Crippen LogP contribution is 2.51. The van der Waals surface area contributed by atoms with Crippen LogP contribution >= 0.6 is 11.6 Å². The maximum absolute atomic E-state index is 13.1. The highest BCUT2D eigenvalue weighted by molar-refractivity contribution is 6.30. The van der Waals surface area contributed by atoms with E-state index in [0.717, 1.165) is 11.3 Å². The zero-order chi connectivity index (χ0) is 20.1. The van der Waals surface area contributed by atoms with Crippen LogP contribution in [0.25, 0.3) is 0 Å². The molecule has 0 radical (unpaired) electrons. The Morgan fingerprint density at radius 1 is 1.00 bits per heavy atom. The Kier molecular flexibility index (Phi) is 6.25. The summed E-state index contributed by atoms with van der Waals surface area (Å²) in [4.78, 5) is 28.3. The van der Waals surface area contributed by atoms with E-state index in [1.807, 2.05) is 42.5 Å². The predicted octanol–water partition coefficient (Wildman–Crippen LogP) is 4.40. The normalized spacial score (nSPS) is 18.0. The second-order valence-corrected chi connectivity index (χ2v) is 7.08. The van der Waals surface area contributed by atoms with Gasteiger partial charge in [0.05, 0.1) is 19.3 Å². The topological polar surface area (TPSA) is 55.8 Å². The number of benzene rings is 2. The van der Waals surface area contributed by atoms with E-state index in [0.29, 0.717) is 18.0 Å². The van der Waals surface area contributed by atoms with Crippen molar-refractivity contribution in [2.75, 3.05) is 24.7 Å². The molecule has 0 bridgehead atoms. The van der Waals surface area contributed by atoms with E-state index in [4.69, 9.17) is 21.1 Å². The number of ether oxygens (including phenoxy) is 2. The molecule has 28 heavy (non-hydrogen) atoms. The SMILES string of the molecule is CCOC(=O)C1(C(=O)OCC)CCN(c2ccccc2)C1c1ccc(Cl)cc1. The maximum atomic E-state index is 13.1. The van der Waals surface area contributed by atoms with Crippen molar-refractivity contribution in [3.8, 4) is 0 Å². The average molecular weight is 402 g/mol. The van der Waals surface area contributed by atoms with Gasteiger partial charge in [0, 0.05) is 17.3 Å². The Bertz CT molecular complexity index is 804. The molecule has 5 nitrogen and oxygen atoms in total. The minimum Gasteiger partial charge on any atom is -0.465 e. The molecular formula is C22H24ClNO4. The summed E-state index contributed by atoms with van der Waals surface area (Å²) in [7, 11) is 0. The first-order valence-electron chi connectivity index (χ1n) is 9.46. The highest BCUT2D eigenvalue weighted by Gasteiger charge is 2.61. The smallest absolute Gasteiger partial charge is 0.326 e. The Balaban J connectivity index is 2.16. The molecule has 0 aromatic heterocycles. The molecular weight excluding hydrogens is 378 g/mol. The first-order valence-corrected chi connectivity index (χ1v) is 9.84. The molecule has 1 fully saturated rings. The number of rotatable bonds is 6. The summed E-state index contributed by atoms with van der Waals surface area (Å²) < 4.78 is 10.7. The zero-order valence-corrected chi connectivity index (χ0v) is 16.8. The van der Waals surface area contributed by atoms with Gasteiger partial charge >= 0.3 is 11.9 Å². The molecule has 2 aromatic rings. The highest BCUT2D eigenvalue weighted by atomic mass is 35.5. The number of para-hydroxylation sites is 1. The number of hydrogen-bond acceptors (Lipinski definition) is 5. The van der Waals surface area contributed by atoms with Crippen molar-refractivity contribution in [2.24, 2.45) is 5.41 Å². The van der Waals surface area contributed by atoms with Crippen LogP contribution in [0.5, 0.6) is 0 Å². The van der Waals surface area contributed by atoms with E-state index in [1.54, 1.807) is 26.0 Å². The summed E-state index contributed by atoms with van der Waals surface area (Å²) in [5.41, 5.74) is 0.306. The fourth-order valence-electron chi connectivity index (χ4n) is 3.87. The fourth-order valence-corrected chi connectivity index (χ4v) is 3.99. The minimum atomic E-state index is -1.43. The van der Waals surface area contributed by atoms with Gasteiger partial charge in [-0.1, -0.05) is 41.9 Å². The van der Waals surface area contributed by atoms with E-state index in [1.165, 1.54) is 0 Å². The molecule has 2 aromatic carbocycles. The van der Waals surface area contributed by atoms with Gasteiger partial charge in [0.25, 0.3) is 0 Å². The zero-order valence-electron chi connectivity index (χ0n) is 16.1.